The molecule has 2 N–H and O–H groups in total. The number of nitrogens with one attached hydrogen (secondary N) is 2. The van der Waals surface area contributed by atoms with Crippen LogP contribution in [-0.4, -0.2) is 59.3 Å². The summed E-state index contributed by atoms with van der Waals surface area (Å²) in [7, 11) is 1.77. The number of carbonyl (C=O) groups excluding carboxylic acids is 1. The van der Waals surface area contributed by atoms with Crippen molar-refractivity contribution in [2.75, 3.05) is 38.7 Å². The highest BCUT2D eigenvalue weighted by atomic mass is 35.5. The van der Waals surface area contributed by atoms with E-state index in [-0.39, 0.29) is 12.0 Å². The molecule has 2 aromatic heterocycles. The van der Waals surface area contributed by atoms with Gasteiger partial charge in [0.15, 0.2) is 0 Å². The number of aromatic amines is 1. The highest BCUT2D eigenvalue weighted by molar-refractivity contribution is 6.30. The number of benzene rings is 1. The highest BCUT2D eigenvalue weighted by Crippen LogP contribution is 2.23. The van der Waals surface area contributed by atoms with Crippen LogP contribution < -0.4 is 10.1 Å². The lowest BCUT2D eigenvalue weighted by Gasteiger charge is -2.32. The van der Waals surface area contributed by atoms with Gasteiger partial charge in [0.05, 0.1) is 25.5 Å². The maximum atomic E-state index is 12.9. The molecule has 0 radical (unpaired) electrons. The summed E-state index contributed by atoms with van der Waals surface area (Å²) in [5, 5.41) is 11.1. The standard InChI is InChI=1S/C22H24ClN5O3/c1-24-21-12-15(6-8-25-21)22(29)28-9-11-31-20(14-28)19-13-17(26-27-19)7-10-30-18-4-2-16(23)3-5-18/h2-6,8,12-13,20H,7,9-11,14H2,1H3,(H,24,25)(H,26,27). The van der Waals surface area contributed by atoms with E-state index in [1.807, 2.05) is 18.2 Å². The van der Waals surface area contributed by atoms with E-state index in [0.717, 1.165) is 17.1 Å². The van der Waals surface area contributed by atoms with Gasteiger partial charge in [0, 0.05) is 42.5 Å². The van der Waals surface area contributed by atoms with Gasteiger partial charge in [-0.05, 0) is 42.5 Å². The number of morpholine rings is 1. The van der Waals surface area contributed by atoms with E-state index in [9.17, 15) is 4.79 Å². The number of halogens is 1. The lowest BCUT2D eigenvalue weighted by Crippen LogP contribution is -2.42. The fourth-order valence-electron chi connectivity index (χ4n) is 3.38. The molecule has 8 nitrogen and oxygen atoms in total. The largest absolute Gasteiger partial charge is 0.493 e. The minimum atomic E-state index is -0.273. The van der Waals surface area contributed by atoms with E-state index in [0.29, 0.717) is 49.1 Å². The minimum absolute atomic E-state index is 0.0423. The Bertz CT molecular complexity index is 1020. The molecule has 3 heterocycles. The van der Waals surface area contributed by atoms with E-state index in [4.69, 9.17) is 21.1 Å². The second kappa shape index (κ2) is 9.80. The molecule has 1 fully saturated rings. The molecule has 1 aromatic carbocycles. The van der Waals surface area contributed by atoms with Gasteiger partial charge in [0.2, 0.25) is 0 Å². The second-order valence-corrected chi connectivity index (χ2v) is 7.60. The number of amides is 1. The first-order chi connectivity index (χ1) is 15.1. The zero-order valence-corrected chi connectivity index (χ0v) is 17.9. The van der Waals surface area contributed by atoms with Crippen molar-refractivity contribution in [3.8, 4) is 5.75 Å². The van der Waals surface area contributed by atoms with Crippen LogP contribution in [0.5, 0.6) is 5.75 Å². The fourth-order valence-corrected chi connectivity index (χ4v) is 3.50. The Morgan fingerprint density at radius 1 is 1.32 bits per heavy atom. The van der Waals surface area contributed by atoms with Crippen molar-refractivity contribution in [2.24, 2.45) is 0 Å². The molecule has 0 saturated carbocycles. The van der Waals surface area contributed by atoms with Gasteiger partial charge in [-0.3, -0.25) is 9.89 Å². The van der Waals surface area contributed by atoms with Gasteiger partial charge in [-0.15, -0.1) is 0 Å². The van der Waals surface area contributed by atoms with Gasteiger partial charge in [-0.2, -0.15) is 5.10 Å². The third-order valence-corrected chi connectivity index (χ3v) is 5.30. The van der Waals surface area contributed by atoms with E-state index in [2.05, 4.69) is 20.5 Å². The van der Waals surface area contributed by atoms with Gasteiger partial charge in [0.25, 0.3) is 5.91 Å². The van der Waals surface area contributed by atoms with Crippen molar-refractivity contribution in [1.29, 1.82) is 0 Å². The maximum absolute atomic E-state index is 12.9. The quantitative estimate of drug-likeness (QED) is 0.584. The lowest BCUT2D eigenvalue weighted by atomic mass is 10.1. The molecule has 9 heteroatoms. The van der Waals surface area contributed by atoms with E-state index in [1.165, 1.54) is 0 Å². The molecule has 1 unspecified atom stereocenters. The van der Waals surface area contributed by atoms with Crippen molar-refractivity contribution < 1.29 is 14.3 Å². The molecule has 1 amide bonds. The van der Waals surface area contributed by atoms with Crippen LogP contribution in [0, 0.1) is 0 Å². The molecule has 1 saturated heterocycles. The molecular weight excluding hydrogens is 418 g/mol. The van der Waals surface area contributed by atoms with Gasteiger partial charge < -0.3 is 19.7 Å². The molecule has 0 spiro atoms. The predicted octanol–water partition coefficient (Wildman–Crippen LogP) is 3.34. The molecule has 0 aliphatic carbocycles. The number of H-pyrrole nitrogens is 1. The zero-order valence-electron chi connectivity index (χ0n) is 17.2. The molecular formula is C22H24ClN5O3. The number of aromatic nitrogens is 3. The van der Waals surface area contributed by atoms with Crippen LogP contribution in [0.25, 0.3) is 0 Å². The maximum Gasteiger partial charge on any atom is 0.254 e. The summed E-state index contributed by atoms with van der Waals surface area (Å²) in [4.78, 5) is 18.9. The topological polar surface area (TPSA) is 92.4 Å². The Balaban J connectivity index is 1.33. The fraction of sp³-hybridized carbons (Fsp3) is 0.318. The summed E-state index contributed by atoms with van der Waals surface area (Å²) < 4.78 is 11.6. The van der Waals surface area contributed by atoms with Crippen LogP contribution in [0.2, 0.25) is 5.02 Å². The minimum Gasteiger partial charge on any atom is -0.493 e. The smallest absolute Gasteiger partial charge is 0.254 e. The van der Waals surface area contributed by atoms with Gasteiger partial charge in [-0.1, -0.05) is 11.6 Å². The number of ether oxygens (including phenoxy) is 2. The molecule has 0 bridgehead atoms. The number of nitrogens with zero attached hydrogens (tertiary/aromatic N) is 3. The summed E-state index contributed by atoms with van der Waals surface area (Å²) in [6.07, 6.45) is 2.03. The van der Waals surface area contributed by atoms with Crippen molar-refractivity contribution in [1.82, 2.24) is 20.1 Å². The number of pyridine rings is 1. The SMILES string of the molecule is CNc1cc(C(=O)N2CCOC(c3cc(CCOc4ccc(Cl)cc4)[nH]n3)C2)ccn1. The number of hydrogen-bond acceptors (Lipinski definition) is 6. The predicted molar refractivity (Wildman–Crippen MR) is 118 cm³/mol. The number of rotatable bonds is 7. The average Bonchev–Trinajstić information content (AvgIpc) is 3.29. The molecule has 31 heavy (non-hydrogen) atoms. The average molecular weight is 442 g/mol. The van der Waals surface area contributed by atoms with Gasteiger partial charge in [-0.25, -0.2) is 4.98 Å². The van der Waals surface area contributed by atoms with Crippen LogP contribution in [-0.2, 0) is 11.2 Å². The first kappa shape index (κ1) is 21.1. The third-order valence-electron chi connectivity index (χ3n) is 5.05. The molecule has 1 aliphatic heterocycles. The molecule has 3 aromatic rings. The monoisotopic (exact) mass is 441 g/mol. The van der Waals surface area contributed by atoms with Crippen LogP contribution in [0.3, 0.4) is 0 Å². The van der Waals surface area contributed by atoms with Gasteiger partial charge in [0.1, 0.15) is 17.7 Å². The molecule has 4 rings (SSSR count). The zero-order chi connectivity index (χ0) is 21.6. The summed E-state index contributed by atoms with van der Waals surface area (Å²) in [6.45, 7) is 1.96. The summed E-state index contributed by atoms with van der Waals surface area (Å²) >= 11 is 5.89. The Morgan fingerprint density at radius 2 is 2.16 bits per heavy atom. The number of anilines is 1. The van der Waals surface area contributed by atoms with E-state index >= 15 is 0 Å². The van der Waals surface area contributed by atoms with Crippen molar-refractivity contribution in [3.63, 3.8) is 0 Å². The van der Waals surface area contributed by atoms with Gasteiger partial charge >= 0.3 is 0 Å². The normalized spacial score (nSPS) is 16.2. The Labute approximate surface area is 185 Å². The van der Waals surface area contributed by atoms with E-state index in [1.54, 1.807) is 42.4 Å². The molecule has 1 aliphatic rings. The van der Waals surface area contributed by atoms with Crippen LogP contribution >= 0.6 is 11.6 Å². The first-order valence-electron chi connectivity index (χ1n) is 10.1. The Morgan fingerprint density at radius 3 is 2.97 bits per heavy atom. The van der Waals surface area contributed by atoms with Crippen molar-refractivity contribution in [3.05, 3.63) is 70.6 Å². The first-order valence-corrected chi connectivity index (χ1v) is 10.5. The lowest BCUT2D eigenvalue weighted by molar-refractivity contribution is -0.0247. The van der Waals surface area contributed by atoms with Crippen LogP contribution in [0.4, 0.5) is 5.82 Å². The van der Waals surface area contributed by atoms with Crippen LogP contribution in [0.1, 0.15) is 27.8 Å². The number of hydrogen-bond donors (Lipinski definition) is 2. The second-order valence-electron chi connectivity index (χ2n) is 7.16. The Kier molecular flexibility index (Phi) is 6.69. The summed E-state index contributed by atoms with van der Waals surface area (Å²) in [5.41, 5.74) is 2.33. The highest BCUT2D eigenvalue weighted by Gasteiger charge is 2.28. The molecule has 1 atom stereocenters. The van der Waals surface area contributed by atoms with Crippen LogP contribution in [0.15, 0.2) is 48.7 Å². The van der Waals surface area contributed by atoms with E-state index < -0.39 is 0 Å². The number of carbonyl (C=O) groups is 1. The van der Waals surface area contributed by atoms with Crippen molar-refractivity contribution >= 4 is 23.3 Å². The Hall–Kier alpha value is -3.10. The third kappa shape index (κ3) is 5.34. The molecule has 162 valence electrons. The van der Waals surface area contributed by atoms with Crippen molar-refractivity contribution in [2.45, 2.75) is 12.5 Å². The summed E-state index contributed by atoms with van der Waals surface area (Å²) in [6, 6.07) is 12.7. The summed E-state index contributed by atoms with van der Waals surface area (Å²) in [5.74, 6) is 1.39.